The minimum absolute atomic E-state index is 0.0379. The summed E-state index contributed by atoms with van der Waals surface area (Å²) in [6.45, 7) is 1.82. The molecule has 1 aromatic heterocycles. The van der Waals surface area contributed by atoms with Crippen LogP contribution in [-0.2, 0) is 16.5 Å². The normalized spacial score (nSPS) is 11.5. The van der Waals surface area contributed by atoms with Gasteiger partial charge in [0.2, 0.25) is 0 Å². The minimum atomic E-state index is -3.88. The second kappa shape index (κ2) is 5.41. The molecule has 0 aliphatic rings. The van der Waals surface area contributed by atoms with Crippen molar-refractivity contribution >= 4 is 10.1 Å². The first-order valence-corrected chi connectivity index (χ1v) is 7.08. The van der Waals surface area contributed by atoms with E-state index in [-0.39, 0.29) is 17.4 Å². The van der Waals surface area contributed by atoms with E-state index < -0.39 is 10.1 Å². The summed E-state index contributed by atoms with van der Waals surface area (Å²) >= 11 is 0. The lowest BCUT2D eigenvalue weighted by atomic mass is 10.2. The highest BCUT2D eigenvalue weighted by Crippen LogP contribution is 2.17. The third kappa shape index (κ3) is 3.33. The highest BCUT2D eigenvalue weighted by molar-refractivity contribution is 7.87. The standard InChI is InChI=1S/C12H14N2O4S/c1-9-2-4-11(5-3-9)19(16,17)18-12-8-10(6-7-15)13-14-12/h2-5,8,15H,6-7H2,1H3,(H,13,14). The number of aliphatic hydroxyl groups excluding tert-OH is 1. The number of aromatic nitrogens is 2. The fourth-order valence-corrected chi connectivity index (χ4v) is 2.37. The number of H-pyrrole nitrogens is 1. The molecule has 19 heavy (non-hydrogen) atoms. The fourth-order valence-electron chi connectivity index (χ4n) is 1.50. The Morgan fingerprint density at radius 3 is 2.63 bits per heavy atom. The minimum Gasteiger partial charge on any atom is -0.396 e. The molecule has 0 spiro atoms. The molecule has 2 aromatic rings. The molecule has 0 unspecified atom stereocenters. The summed E-state index contributed by atoms with van der Waals surface area (Å²) in [5, 5.41) is 15.1. The van der Waals surface area contributed by atoms with Crippen molar-refractivity contribution in [3.05, 3.63) is 41.6 Å². The number of nitrogens with zero attached hydrogens (tertiary/aromatic N) is 1. The molecule has 0 saturated heterocycles. The lowest BCUT2D eigenvalue weighted by molar-refractivity contribution is 0.298. The third-order valence-corrected chi connectivity index (χ3v) is 3.73. The number of aromatic amines is 1. The Labute approximate surface area is 111 Å². The number of hydrogen-bond donors (Lipinski definition) is 2. The monoisotopic (exact) mass is 282 g/mol. The molecule has 0 amide bonds. The Morgan fingerprint density at radius 2 is 2.00 bits per heavy atom. The van der Waals surface area contributed by atoms with E-state index in [1.165, 1.54) is 18.2 Å². The van der Waals surface area contributed by atoms with Crippen LogP contribution in [0.3, 0.4) is 0 Å². The van der Waals surface area contributed by atoms with Crippen LogP contribution in [0.2, 0.25) is 0 Å². The average molecular weight is 282 g/mol. The summed E-state index contributed by atoms with van der Waals surface area (Å²) in [6, 6.07) is 7.79. The number of aryl methyl sites for hydroxylation is 1. The van der Waals surface area contributed by atoms with Crippen LogP contribution in [0.15, 0.2) is 35.2 Å². The van der Waals surface area contributed by atoms with E-state index in [1.807, 2.05) is 6.92 Å². The summed E-state index contributed by atoms with van der Waals surface area (Å²) in [4.78, 5) is 0.0739. The lowest BCUT2D eigenvalue weighted by Gasteiger charge is -2.03. The van der Waals surface area contributed by atoms with Gasteiger partial charge in [-0.15, -0.1) is 5.10 Å². The van der Waals surface area contributed by atoms with Crippen LogP contribution in [-0.4, -0.2) is 30.3 Å². The van der Waals surface area contributed by atoms with Crippen molar-refractivity contribution in [2.75, 3.05) is 6.61 Å². The largest absolute Gasteiger partial charge is 0.396 e. The second-order valence-electron chi connectivity index (χ2n) is 4.06. The molecule has 102 valence electrons. The van der Waals surface area contributed by atoms with Crippen LogP contribution < -0.4 is 4.18 Å². The SMILES string of the molecule is Cc1ccc(S(=O)(=O)Oc2cc(CCO)[nH]n2)cc1. The van der Waals surface area contributed by atoms with Crippen molar-refractivity contribution in [2.45, 2.75) is 18.2 Å². The number of benzene rings is 1. The third-order valence-electron chi connectivity index (χ3n) is 2.49. The average Bonchev–Trinajstić information content (AvgIpc) is 2.77. The highest BCUT2D eigenvalue weighted by Gasteiger charge is 2.18. The van der Waals surface area contributed by atoms with Gasteiger partial charge >= 0.3 is 10.1 Å². The van der Waals surface area contributed by atoms with Crippen LogP contribution in [0, 0.1) is 6.92 Å². The Kier molecular flexibility index (Phi) is 3.87. The van der Waals surface area contributed by atoms with Crippen molar-refractivity contribution in [1.82, 2.24) is 10.2 Å². The smallest absolute Gasteiger partial charge is 0.340 e. The van der Waals surface area contributed by atoms with Gasteiger partial charge in [0.1, 0.15) is 4.90 Å². The molecule has 0 bridgehead atoms. The lowest BCUT2D eigenvalue weighted by Crippen LogP contribution is -2.09. The van der Waals surface area contributed by atoms with Gasteiger partial charge in [0, 0.05) is 24.8 Å². The van der Waals surface area contributed by atoms with E-state index in [9.17, 15) is 8.42 Å². The summed E-state index contributed by atoms with van der Waals surface area (Å²) < 4.78 is 28.8. The van der Waals surface area contributed by atoms with Gasteiger partial charge in [-0.1, -0.05) is 17.7 Å². The van der Waals surface area contributed by atoms with Crippen LogP contribution in [0.1, 0.15) is 11.3 Å². The van der Waals surface area contributed by atoms with Gasteiger partial charge in [0.25, 0.3) is 5.88 Å². The summed E-state index contributed by atoms with van der Waals surface area (Å²) in [5.41, 5.74) is 1.57. The molecule has 7 heteroatoms. The van der Waals surface area contributed by atoms with Crippen molar-refractivity contribution in [3.63, 3.8) is 0 Å². The molecular weight excluding hydrogens is 268 g/mol. The molecular formula is C12H14N2O4S. The molecule has 0 saturated carbocycles. The van der Waals surface area contributed by atoms with E-state index in [1.54, 1.807) is 12.1 Å². The topological polar surface area (TPSA) is 92.3 Å². The molecule has 1 aromatic carbocycles. The maximum absolute atomic E-state index is 12.0. The zero-order valence-electron chi connectivity index (χ0n) is 10.3. The van der Waals surface area contributed by atoms with Crippen LogP contribution in [0.4, 0.5) is 0 Å². The predicted octanol–water partition coefficient (Wildman–Crippen LogP) is 1.02. The zero-order valence-corrected chi connectivity index (χ0v) is 11.1. The molecule has 0 fully saturated rings. The number of rotatable bonds is 5. The molecule has 0 atom stereocenters. The highest BCUT2D eigenvalue weighted by atomic mass is 32.2. The molecule has 6 nitrogen and oxygen atoms in total. The number of hydrogen-bond acceptors (Lipinski definition) is 5. The first-order valence-electron chi connectivity index (χ1n) is 5.67. The van der Waals surface area contributed by atoms with E-state index in [2.05, 4.69) is 10.2 Å². The fraction of sp³-hybridized carbons (Fsp3) is 0.250. The first kappa shape index (κ1) is 13.6. The van der Waals surface area contributed by atoms with Gasteiger partial charge in [-0.2, -0.15) is 8.42 Å². The Bertz CT molecular complexity index is 647. The molecule has 2 rings (SSSR count). The summed E-state index contributed by atoms with van der Waals surface area (Å²) in [6.07, 6.45) is 0.362. The second-order valence-corrected chi connectivity index (χ2v) is 5.60. The molecule has 1 heterocycles. The van der Waals surface area contributed by atoms with Crippen molar-refractivity contribution in [1.29, 1.82) is 0 Å². The maximum Gasteiger partial charge on any atom is 0.340 e. The Morgan fingerprint density at radius 1 is 1.32 bits per heavy atom. The molecule has 2 N–H and O–H groups in total. The van der Waals surface area contributed by atoms with E-state index in [0.717, 1.165) is 5.56 Å². The Balaban J connectivity index is 2.18. The van der Waals surface area contributed by atoms with Crippen LogP contribution in [0.5, 0.6) is 5.88 Å². The molecule has 0 aliphatic carbocycles. The zero-order chi connectivity index (χ0) is 13.9. The molecule has 0 aliphatic heterocycles. The van der Waals surface area contributed by atoms with Gasteiger partial charge < -0.3 is 9.29 Å². The van der Waals surface area contributed by atoms with Crippen molar-refractivity contribution in [2.24, 2.45) is 0 Å². The number of aliphatic hydroxyl groups is 1. The Hall–Kier alpha value is -1.86. The molecule has 0 radical (unpaired) electrons. The van der Waals surface area contributed by atoms with E-state index >= 15 is 0 Å². The van der Waals surface area contributed by atoms with E-state index in [0.29, 0.717) is 12.1 Å². The van der Waals surface area contributed by atoms with Crippen molar-refractivity contribution in [3.8, 4) is 5.88 Å². The van der Waals surface area contributed by atoms with Gasteiger partial charge in [0.05, 0.1) is 0 Å². The maximum atomic E-state index is 12.0. The van der Waals surface area contributed by atoms with Crippen LogP contribution in [0.25, 0.3) is 0 Å². The predicted molar refractivity (Wildman–Crippen MR) is 68.4 cm³/mol. The van der Waals surface area contributed by atoms with E-state index in [4.69, 9.17) is 9.29 Å². The quantitative estimate of drug-likeness (QED) is 0.799. The summed E-state index contributed by atoms with van der Waals surface area (Å²) in [5.74, 6) is -0.0379. The van der Waals surface area contributed by atoms with Gasteiger partial charge in [-0.3, -0.25) is 5.10 Å². The first-order chi connectivity index (χ1) is 9.01. The van der Waals surface area contributed by atoms with Gasteiger partial charge in [-0.25, -0.2) is 0 Å². The van der Waals surface area contributed by atoms with Crippen molar-refractivity contribution < 1.29 is 17.7 Å². The van der Waals surface area contributed by atoms with Gasteiger partial charge in [0.15, 0.2) is 0 Å². The summed E-state index contributed by atoms with van der Waals surface area (Å²) in [7, 11) is -3.88. The number of nitrogens with one attached hydrogen (secondary N) is 1. The van der Waals surface area contributed by atoms with Gasteiger partial charge in [-0.05, 0) is 19.1 Å². The van der Waals surface area contributed by atoms with Crippen LogP contribution >= 0.6 is 0 Å².